The minimum atomic E-state index is -0.548. The van der Waals surface area contributed by atoms with Crippen molar-refractivity contribution in [2.75, 3.05) is 33.3 Å². The summed E-state index contributed by atoms with van der Waals surface area (Å²) >= 11 is 0. The second-order valence-corrected chi connectivity index (χ2v) is 4.65. The van der Waals surface area contributed by atoms with Crippen molar-refractivity contribution in [1.29, 1.82) is 0 Å². The van der Waals surface area contributed by atoms with E-state index in [2.05, 4.69) is 5.32 Å². The van der Waals surface area contributed by atoms with Crippen molar-refractivity contribution in [3.05, 3.63) is 35.9 Å². The molecule has 1 aromatic carbocycles. The number of nitrogens with one attached hydrogen (secondary N) is 1. The van der Waals surface area contributed by atoms with Crippen molar-refractivity contribution in [2.45, 2.75) is 12.1 Å². The molecule has 0 spiro atoms. The van der Waals surface area contributed by atoms with E-state index in [1.54, 1.807) is 7.11 Å². The quantitative estimate of drug-likeness (QED) is 0.810. The molecule has 2 atom stereocenters. The Bertz CT molecular complexity index is 410. The molecule has 1 aliphatic rings. The van der Waals surface area contributed by atoms with Crippen LogP contribution < -0.4 is 11.1 Å². The zero-order valence-corrected chi connectivity index (χ0v) is 11.2. The van der Waals surface area contributed by atoms with Crippen LogP contribution in [-0.4, -0.2) is 50.1 Å². The van der Waals surface area contributed by atoms with E-state index in [9.17, 15) is 4.79 Å². The van der Waals surface area contributed by atoms with Crippen LogP contribution in [0.15, 0.2) is 30.3 Å². The molecule has 0 radical (unpaired) electrons. The molecule has 1 amide bonds. The first kappa shape index (κ1) is 14.0. The number of methoxy groups -OCH3 is 1. The van der Waals surface area contributed by atoms with Crippen LogP contribution in [0.25, 0.3) is 0 Å². The zero-order valence-electron chi connectivity index (χ0n) is 11.2. The molecular formula is C14H21N3O2. The first-order valence-corrected chi connectivity index (χ1v) is 6.57. The average molecular weight is 263 g/mol. The number of rotatable bonds is 4. The fraction of sp³-hybridized carbons (Fsp3) is 0.500. The molecule has 0 saturated carbocycles. The maximum Gasteiger partial charge on any atom is 0.256 e. The molecule has 0 aliphatic carbocycles. The van der Waals surface area contributed by atoms with Crippen molar-refractivity contribution in [3.8, 4) is 0 Å². The average Bonchev–Trinajstić information content (AvgIpc) is 2.49. The molecule has 19 heavy (non-hydrogen) atoms. The summed E-state index contributed by atoms with van der Waals surface area (Å²) in [7, 11) is 1.56. The van der Waals surface area contributed by atoms with Gasteiger partial charge >= 0.3 is 0 Å². The fourth-order valence-electron chi connectivity index (χ4n) is 2.42. The number of hydrogen-bond donors (Lipinski definition) is 2. The lowest BCUT2D eigenvalue weighted by Gasteiger charge is -2.37. The zero-order chi connectivity index (χ0) is 13.7. The minimum Gasteiger partial charge on any atom is -0.367 e. The van der Waals surface area contributed by atoms with E-state index < -0.39 is 6.10 Å². The highest BCUT2D eigenvalue weighted by molar-refractivity contribution is 5.82. The maximum atomic E-state index is 12.6. The standard InChI is InChI=1S/C14H21N3O2/c1-19-13(11-5-3-2-4-6-11)14(18)17-8-7-16-10-12(17)9-15/h2-6,12-13,16H,7-10,15H2,1H3. The number of piperazine rings is 1. The first-order valence-electron chi connectivity index (χ1n) is 6.57. The van der Waals surface area contributed by atoms with Gasteiger partial charge < -0.3 is 20.7 Å². The molecule has 0 aromatic heterocycles. The summed E-state index contributed by atoms with van der Waals surface area (Å²) in [6.07, 6.45) is -0.548. The summed E-state index contributed by atoms with van der Waals surface area (Å²) in [6, 6.07) is 9.60. The van der Waals surface area contributed by atoms with Gasteiger partial charge in [-0.3, -0.25) is 4.79 Å². The van der Waals surface area contributed by atoms with Gasteiger partial charge in [0.05, 0.1) is 6.04 Å². The van der Waals surface area contributed by atoms with Crippen LogP contribution in [-0.2, 0) is 9.53 Å². The molecular weight excluding hydrogens is 242 g/mol. The summed E-state index contributed by atoms with van der Waals surface area (Å²) in [5, 5.41) is 3.25. The predicted octanol–water partition coefficient (Wildman–Crippen LogP) is 0.133. The Kier molecular flexibility index (Phi) is 4.90. The smallest absolute Gasteiger partial charge is 0.256 e. The molecule has 1 aliphatic heterocycles. The van der Waals surface area contributed by atoms with Crippen LogP contribution in [0.3, 0.4) is 0 Å². The van der Waals surface area contributed by atoms with Crippen LogP contribution in [0, 0.1) is 0 Å². The second kappa shape index (κ2) is 6.65. The Hall–Kier alpha value is -1.43. The highest BCUT2D eigenvalue weighted by Gasteiger charge is 2.31. The Morgan fingerprint density at radius 2 is 2.26 bits per heavy atom. The predicted molar refractivity (Wildman–Crippen MR) is 73.6 cm³/mol. The van der Waals surface area contributed by atoms with Gasteiger partial charge in [0, 0.05) is 33.3 Å². The van der Waals surface area contributed by atoms with Gasteiger partial charge in [-0.15, -0.1) is 0 Å². The third-order valence-corrected chi connectivity index (χ3v) is 3.47. The van der Waals surface area contributed by atoms with E-state index in [1.807, 2.05) is 35.2 Å². The molecule has 1 aromatic rings. The van der Waals surface area contributed by atoms with Crippen LogP contribution in [0.4, 0.5) is 0 Å². The maximum absolute atomic E-state index is 12.6. The monoisotopic (exact) mass is 263 g/mol. The number of nitrogens with zero attached hydrogens (tertiary/aromatic N) is 1. The van der Waals surface area contributed by atoms with E-state index in [1.165, 1.54) is 0 Å². The molecule has 5 heteroatoms. The van der Waals surface area contributed by atoms with Gasteiger partial charge in [0.2, 0.25) is 0 Å². The van der Waals surface area contributed by atoms with E-state index in [4.69, 9.17) is 10.5 Å². The summed E-state index contributed by atoms with van der Waals surface area (Å²) in [4.78, 5) is 14.4. The summed E-state index contributed by atoms with van der Waals surface area (Å²) < 4.78 is 5.39. The molecule has 104 valence electrons. The number of benzene rings is 1. The SMILES string of the molecule is COC(C(=O)N1CCNCC1CN)c1ccccc1. The van der Waals surface area contributed by atoms with Gasteiger partial charge in [0.25, 0.3) is 5.91 Å². The van der Waals surface area contributed by atoms with E-state index >= 15 is 0 Å². The Balaban J connectivity index is 2.16. The highest BCUT2D eigenvalue weighted by Crippen LogP contribution is 2.20. The van der Waals surface area contributed by atoms with Crippen molar-refractivity contribution in [3.63, 3.8) is 0 Å². The van der Waals surface area contributed by atoms with E-state index in [-0.39, 0.29) is 11.9 Å². The number of amides is 1. The Morgan fingerprint density at radius 1 is 1.53 bits per heavy atom. The van der Waals surface area contributed by atoms with Gasteiger partial charge in [-0.05, 0) is 5.56 Å². The Morgan fingerprint density at radius 3 is 2.89 bits per heavy atom. The van der Waals surface area contributed by atoms with Gasteiger partial charge in [-0.25, -0.2) is 0 Å². The van der Waals surface area contributed by atoms with Gasteiger partial charge in [-0.2, -0.15) is 0 Å². The largest absolute Gasteiger partial charge is 0.367 e. The summed E-state index contributed by atoms with van der Waals surface area (Å²) in [5.41, 5.74) is 6.62. The number of ether oxygens (including phenoxy) is 1. The van der Waals surface area contributed by atoms with E-state index in [0.717, 1.165) is 18.7 Å². The minimum absolute atomic E-state index is 0.00866. The summed E-state index contributed by atoms with van der Waals surface area (Å²) in [5.74, 6) is -0.00866. The molecule has 1 fully saturated rings. The normalized spacial score (nSPS) is 21.2. The van der Waals surface area contributed by atoms with Crippen molar-refractivity contribution >= 4 is 5.91 Å². The highest BCUT2D eigenvalue weighted by atomic mass is 16.5. The van der Waals surface area contributed by atoms with Gasteiger partial charge in [0.1, 0.15) is 0 Å². The number of carbonyl (C=O) groups is 1. The Labute approximate surface area is 113 Å². The van der Waals surface area contributed by atoms with Crippen molar-refractivity contribution in [1.82, 2.24) is 10.2 Å². The number of hydrogen-bond acceptors (Lipinski definition) is 4. The molecule has 1 saturated heterocycles. The molecule has 1 heterocycles. The van der Waals surface area contributed by atoms with Crippen LogP contribution in [0.1, 0.15) is 11.7 Å². The molecule has 2 unspecified atom stereocenters. The molecule has 2 rings (SSSR count). The summed E-state index contributed by atoms with van der Waals surface area (Å²) in [6.45, 7) is 2.68. The second-order valence-electron chi connectivity index (χ2n) is 4.65. The van der Waals surface area contributed by atoms with Crippen LogP contribution in [0.5, 0.6) is 0 Å². The topological polar surface area (TPSA) is 67.6 Å². The molecule has 3 N–H and O–H groups in total. The number of nitrogens with two attached hydrogens (primary N) is 1. The van der Waals surface area contributed by atoms with Gasteiger partial charge in [-0.1, -0.05) is 30.3 Å². The van der Waals surface area contributed by atoms with E-state index in [0.29, 0.717) is 13.1 Å². The van der Waals surface area contributed by atoms with Crippen molar-refractivity contribution < 1.29 is 9.53 Å². The lowest BCUT2D eigenvalue weighted by molar-refractivity contribution is -0.145. The lowest BCUT2D eigenvalue weighted by Crippen LogP contribution is -2.57. The van der Waals surface area contributed by atoms with Crippen LogP contribution >= 0.6 is 0 Å². The number of carbonyl (C=O) groups excluding carboxylic acids is 1. The molecule has 5 nitrogen and oxygen atoms in total. The third kappa shape index (κ3) is 3.12. The molecule has 0 bridgehead atoms. The fourth-order valence-corrected chi connectivity index (χ4v) is 2.42. The first-order chi connectivity index (χ1) is 9.27. The lowest BCUT2D eigenvalue weighted by atomic mass is 10.1. The third-order valence-electron chi connectivity index (χ3n) is 3.47. The van der Waals surface area contributed by atoms with Gasteiger partial charge in [0.15, 0.2) is 6.10 Å². The van der Waals surface area contributed by atoms with Crippen LogP contribution in [0.2, 0.25) is 0 Å². The van der Waals surface area contributed by atoms with Crippen molar-refractivity contribution in [2.24, 2.45) is 5.73 Å².